The molecule has 116 valence electrons. The van der Waals surface area contributed by atoms with E-state index in [2.05, 4.69) is 16.9 Å². The molecule has 0 unspecified atom stereocenters. The molecular weight excluding hydrogens is 315 g/mol. The van der Waals surface area contributed by atoms with Gasteiger partial charge in [0.25, 0.3) is 0 Å². The van der Waals surface area contributed by atoms with Crippen molar-refractivity contribution in [1.29, 1.82) is 0 Å². The van der Waals surface area contributed by atoms with E-state index in [0.717, 1.165) is 23.5 Å². The van der Waals surface area contributed by atoms with Gasteiger partial charge >= 0.3 is 6.18 Å². The second-order valence-electron chi connectivity index (χ2n) is 4.31. The molecule has 0 radical (unpaired) electrons. The van der Waals surface area contributed by atoms with E-state index in [1.54, 1.807) is 6.08 Å². The Kier molecular flexibility index (Phi) is 4.51. The minimum atomic E-state index is -4.51. The first-order valence-electron chi connectivity index (χ1n) is 6.16. The zero-order valence-corrected chi connectivity index (χ0v) is 12.1. The number of hydrogen-bond acceptors (Lipinski definition) is 5. The summed E-state index contributed by atoms with van der Waals surface area (Å²) in [7, 11) is 0. The number of alkyl halides is 3. The monoisotopic (exact) mass is 327 g/mol. The lowest BCUT2D eigenvalue weighted by molar-refractivity contribution is -0.137. The Morgan fingerprint density at radius 3 is 2.82 bits per heavy atom. The number of rotatable bonds is 5. The van der Waals surface area contributed by atoms with Crippen LogP contribution in [0.1, 0.15) is 20.8 Å². The number of nitrogens with two attached hydrogens (primary N) is 1. The van der Waals surface area contributed by atoms with Gasteiger partial charge in [0.15, 0.2) is 5.13 Å². The van der Waals surface area contributed by atoms with Crippen molar-refractivity contribution in [3.05, 3.63) is 52.9 Å². The summed E-state index contributed by atoms with van der Waals surface area (Å²) in [6.45, 7) is 3.96. The maximum absolute atomic E-state index is 12.7. The van der Waals surface area contributed by atoms with E-state index in [9.17, 15) is 18.0 Å². The molecule has 22 heavy (non-hydrogen) atoms. The Hall–Kier alpha value is -2.35. The molecule has 1 aromatic heterocycles. The molecule has 0 amide bonds. The number of hydrogen-bond donors (Lipinski definition) is 2. The molecule has 0 aliphatic heterocycles. The normalized spacial score (nSPS) is 11.2. The van der Waals surface area contributed by atoms with Gasteiger partial charge in [0.2, 0.25) is 5.78 Å². The van der Waals surface area contributed by atoms with Crippen LogP contribution in [0.25, 0.3) is 0 Å². The molecule has 0 atom stereocenters. The lowest BCUT2D eigenvalue weighted by Gasteiger charge is -2.07. The molecule has 0 bridgehead atoms. The van der Waals surface area contributed by atoms with Gasteiger partial charge in [-0.3, -0.25) is 4.79 Å². The van der Waals surface area contributed by atoms with Crippen molar-refractivity contribution < 1.29 is 18.0 Å². The third-order valence-corrected chi connectivity index (χ3v) is 3.74. The van der Waals surface area contributed by atoms with Crippen molar-refractivity contribution in [1.82, 2.24) is 4.98 Å². The lowest BCUT2D eigenvalue weighted by atomic mass is 10.1. The Morgan fingerprint density at radius 1 is 1.45 bits per heavy atom. The fraction of sp³-hybridized carbons (Fsp3) is 0.143. The molecule has 2 aromatic rings. The van der Waals surface area contributed by atoms with Crippen LogP contribution in [0, 0.1) is 0 Å². The SMILES string of the molecule is C=CCNc1nc(N)c(C(=O)c2cccc(C(F)(F)F)c2)s1. The molecule has 3 N–H and O–H groups in total. The molecule has 0 aliphatic rings. The number of benzene rings is 1. The highest BCUT2D eigenvalue weighted by atomic mass is 32.1. The highest BCUT2D eigenvalue weighted by molar-refractivity contribution is 7.18. The summed E-state index contributed by atoms with van der Waals surface area (Å²) in [4.78, 5) is 16.4. The highest BCUT2D eigenvalue weighted by Crippen LogP contribution is 2.32. The van der Waals surface area contributed by atoms with Gasteiger partial charge in [-0.1, -0.05) is 29.5 Å². The van der Waals surface area contributed by atoms with Gasteiger partial charge in [0.1, 0.15) is 10.7 Å². The fourth-order valence-electron chi connectivity index (χ4n) is 1.70. The zero-order chi connectivity index (χ0) is 16.3. The first kappa shape index (κ1) is 16.0. The van der Waals surface area contributed by atoms with Crippen molar-refractivity contribution in [2.45, 2.75) is 6.18 Å². The Morgan fingerprint density at radius 2 is 2.18 bits per heavy atom. The van der Waals surface area contributed by atoms with Crippen LogP contribution in [0.2, 0.25) is 0 Å². The predicted octanol–water partition coefficient (Wildman–Crippen LogP) is 3.57. The number of carbonyl (C=O) groups excluding carboxylic acids is 1. The number of nitrogens with one attached hydrogen (secondary N) is 1. The number of halogens is 3. The van der Waals surface area contributed by atoms with E-state index in [0.29, 0.717) is 11.7 Å². The maximum atomic E-state index is 12.7. The van der Waals surface area contributed by atoms with Crippen molar-refractivity contribution in [2.24, 2.45) is 0 Å². The Balaban J connectivity index is 2.32. The summed E-state index contributed by atoms with van der Waals surface area (Å²) in [6, 6.07) is 4.21. The van der Waals surface area contributed by atoms with Gasteiger partial charge in [-0.25, -0.2) is 4.98 Å². The molecule has 0 aliphatic carbocycles. The minimum absolute atomic E-state index is 0.0148. The van der Waals surface area contributed by atoms with Gasteiger partial charge in [0, 0.05) is 12.1 Å². The molecule has 0 saturated carbocycles. The first-order valence-corrected chi connectivity index (χ1v) is 6.97. The first-order chi connectivity index (χ1) is 10.3. The third-order valence-electron chi connectivity index (χ3n) is 2.71. The van der Waals surface area contributed by atoms with Gasteiger partial charge in [-0.15, -0.1) is 6.58 Å². The third kappa shape index (κ3) is 3.45. The Bertz CT molecular complexity index is 710. The van der Waals surface area contributed by atoms with Crippen molar-refractivity contribution in [2.75, 3.05) is 17.6 Å². The number of nitrogens with zero attached hydrogens (tertiary/aromatic N) is 1. The average molecular weight is 327 g/mol. The molecule has 8 heteroatoms. The number of carbonyl (C=O) groups is 1. The molecule has 4 nitrogen and oxygen atoms in total. The van der Waals surface area contributed by atoms with E-state index in [1.807, 2.05) is 0 Å². The van der Waals surface area contributed by atoms with Gasteiger partial charge in [0.05, 0.1) is 5.56 Å². The van der Waals surface area contributed by atoms with Gasteiger partial charge in [-0.2, -0.15) is 13.2 Å². The summed E-state index contributed by atoms with van der Waals surface area (Å²) in [6.07, 6.45) is -2.90. The number of anilines is 2. The number of aromatic nitrogens is 1. The standard InChI is InChI=1S/C14H12F3N3OS/c1-2-6-19-13-20-12(18)11(22-13)10(21)8-4-3-5-9(7-8)14(15,16)17/h2-5,7H,1,6,18H2,(H,19,20). The van der Waals surface area contributed by atoms with E-state index < -0.39 is 17.5 Å². The van der Waals surface area contributed by atoms with Gasteiger partial charge in [-0.05, 0) is 12.1 Å². The molecular formula is C14H12F3N3OS. The summed E-state index contributed by atoms with van der Waals surface area (Å²) < 4.78 is 38.1. The molecule has 0 spiro atoms. The quantitative estimate of drug-likeness (QED) is 0.651. The topological polar surface area (TPSA) is 68.0 Å². The molecule has 1 aromatic carbocycles. The largest absolute Gasteiger partial charge is 0.416 e. The zero-order valence-electron chi connectivity index (χ0n) is 11.3. The summed E-state index contributed by atoms with van der Waals surface area (Å²) in [5, 5.41) is 3.28. The second-order valence-corrected chi connectivity index (χ2v) is 5.31. The van der Waals surface area contributed by atoms with E-state index >= 15 is 0 Å². The van der Waals surface area contributed by atoms with Crippen LogP contribution in [-0.2, 0) is 6.18 Å². The maximum Gasteiger partial charge on any atom is 0.416 e. The second kappa shape index (κ2) is 6.18. The highest BCUT2D eigenvalue weighted by Gasteiger charge is 2.31. The van der Waals surface area contributed by atoms with E-state index in [4.69, 9.17) is 5.73 Å². The molecule has 1 heterocycles. The Labute approximate surface area is 128 Å². The van der Waals surface area contributed by atoms with Crippen LogP contribution in [-0.4, -0.2) is 17.3 Å². The number of nitrogen functional groups attached to an aromatic ring is 1. The van der Waals surface area contributed by atoms with Crippen LogP contribution in [0.15, 0.2) is 36.9 Å². The fourth-order valence-corrected chi connectivity index (χ4v) is 2.55. The van der Waals surface area contributed by atoms with Gasteiger partial charge < -0.3 is 11.1 Å². The van der Waals surface area contributed by atoms with Crippen LogP contribution in [0.3, 0.4) is 0 Å². The van der Waals surface area contributed by atoms with Crippen molar-refractivity contribution in [3.8, 4) is 0 Å². The summed E-state index contributed by atoms with van der Waals surface area (Å²) in [5.74, 6) is -0.605. The van der Waals surface area contributed by atoms with Crippen LogP contribution in [0.5, 0.6) is 0 Å². The van der Waals surface area contributed by atoms with E-state index in [-0.39, 0.29) is 16.3 Å². The molecule has 2 rings (SSSR count). The van der Waals surface area contributed by atoms with E-state index in [1.165, 1.54) is 12.1 Å². The average Bonchev–Trinajstić information content (AvgIpc) is 2.84. The smallest absolute Gasteiger partial charge is 0.382 e. The number of ketones is 1. The van der Waals surface area contributed by atoms with Crippen LogP contribution in [0.4, 0.5) is 24.1 Å². The molecule has 0 saturated heterocycles. The molecule has 0 fully saturated rings. The predicted molar refractivity (Wildman–Crippen MR) is 80.1 cm³/mol. The van der Waals surface area contributed by atoms with Crippen LogP contribution < -0.4 is 11.1 Å². The summed E-state index contributed by atoms with van der Waals surface area (Å²) in [5.41, 5.74) is 4.70. The summed E-state index contributed by atoms with van der Waals surface area (Å²) >= 11 is 0.990. The lowest BCUT2D eigenvalue weighted by Crippen LogP contribution is -2.08. The van der Waals surface area contributed by atoms with Crippen molar-refractivity contribution >= 4 is 28.1 Å². The van der Waals surface area contributed by atoms with Crippen LogP contribution >= 0.6 is 11.3 Å². The minimum Gasteiger partial charge on any atom is -0.382 e. The van der Waals surface area contributed by atoms with Crippen molar-refractivity contribution in [3.63, 3.8) is 0 Å². The number of thiazole rings is 1.